The zero-order valence-corrected chi connectivity index (χ0v) is 18.4. The Bertz CT molecular complexity index is 1230. The number of carbonyl (C=O) groups is 2. The molecular formula is C24H26N4O4. The van der Waals surface area contributed by atoms with E-state index in [1.165, 1.54) is 23.8 Å². The second kappa shape index (κ2) is 8.45. The molecule has 1 aliphatic heterocycles. The van der Waals surface area contributed by atoms with Crippen molar-refractivity contribution in [3.05, 3.63) is 74.5 Å². The van der Waals surface area contributed by atoms with Crippen LogP contribution in [0, 0.1) is 30.9 Å². The predicted molar refractivity (Wildman–Crippen MR) is 122 cm³/mol. The quantitative estimate of drug-likeness (QED) is 0.469. The minimum atomic E-state index is -0.544. The Labute approximate surface area is 185 Å². The second-order valence-electron chi connectivity index (χ2n) is 8.39. The Morgan fingerprint density at radius 3 is 2.69 bits per heavy atom. The number of amides is 2. The maximum Gasteiger partial charge on any atom is 0.272 e. The number of nitro groups is 1. The van der Waals surface area contributed by atoms with Gasteiger partial charge in [-0.3, -0.25) is 19.7 Å². The van der Waals surface area contributed by atoms with Crippen LogP contribution in [0.3, 0.4) is 0 Å². The number of likely N-dealkylation sites (tertiary alicyclic amines) is 1. The Hall–Kier alpha value is -3.68. The van der Waals surface area contributed by atoms with Crippen molar-refractivity contribution in [3.8, 4) is 0 Å². The number of nitrogens with zero attached hydrogens (tertiary/aromatic N) is 2. The molecule has 8 nitrogen and oxygen atoms in total. The second-order valence-corrected chi connectivity index (χ2v) is 8.39. The Kier molecular flexibility index (Phi) is 5.69. The van der Waals surface area contributed by atoms with Crippen molar-refractivity contribution in [1.82, 2.24) is 15.2 Å². The van der Waals surface area contributed by atoms with Crippen molar-refractivity contribution in [2.75, 3.05) is 6.54 Å². The van der Waals surface area contributed by atoms with Crippen LogP contribution < -0.4 is 5.32 Å². The van der Waals surface area contributed by atoms with E-state index in [4.69, 9.17) is 0 Å². The molecule has 166 valence electrons. The van der Waals surface area contributed by atoms with Gasteiger partial charge in [0.1, 0.15) is 6.04 Å². The third kappa shape index (κ3) is 3.95. The molecule has 2 aromatic carbocycles. The lowest BCUT2D eigenvalue weighted by Gasteiger charge is -2.24. The van der Waals surface area contributed by atoms with Crippen LogP contribution in [0.4, 0.5) is 5.69 Å². The van der Waals surface area contributed by atoms with Crippen molar-refractivity contribution < 1.29 is 14.5 Å². The van der Waals surface area contributed by atoms with Gasteiger partial charge in [-0.15, -0.1) is 0 Å². The molecule has 0 radical (unpaired) electrons. The number of fused-ring (bicyclic) bond motifs is 1. The van der Waals surface area contributed by atoms with E-state index in [2.05, 4.69) is 23.3 Å². The van der Waals surface area contributed by atoms with E-state index in [0.717, 1.165) is 28.6 Å². The molecule has 0 spiro atoms. The normalized spacial score (nSPS) is 15.8. The number of nitro benzene ring substituents is 1. The number of hydrogen-bond donors (Lipinski definition) is 2. The topological polar surface area (TPSA) is 108 Å². The maximum atomic E-state index is 13.0. The molecule has 2 amide bonds. The van der Waals surface area contributed by atoms with Gasteiger partial charge in [-0.1, -0.05) is 6.07 Å². The molecule has 0 saturated carbocycles. The first-order valence-corrected chi connectivity index (χ1v) is 10.7. The molecule has 32 heavy (non-hydrogen) atoms. The van der Waals surface area contributed by atoms with Crippen LogP contribution in [0.1, 0.15) is 45.6 Å². The molecule has 1 saturated heterocycles. The van der Waals surface area contributed by atoms with Gasteiger partial charge in [0.05, 0.1) is 4.92 Å². The lowest BCUT2D eigenvalue weighted by atomic mass is 10.1. The SMILES string of the molecule is Cc1cc(C(=O)N2CCCC2C(=O)NCc2ccc3[nH]c(C)c(C)c3c2)ccc1[N+](=O)[O-]. The highest BCUT2D eigenvalue weighted by molar-refractivity contribution is 5.98. The van der Waals surface area contributed by atoms with Gasteiger partial charge in [0.25, 0.3) is 11.6 Å². The molecule has 2 N–H and O–H groups in total. The smallest absolute Gasteiger partial charge is 0.272 e. The van der Waals surface area contributed by atoms with Gasteiger partial charge in [0, 0.05) is 46.9 Å². The Balaban J connectivity index is 1.45. The van der Waals surface area contributed by atoms with Crippen LogP contribution >= 0.6 is 0 Å². The van der Waals surface area contributed by atoms with Crippen LogP contribution in [-0.4, -0.2) is 39.2 Å². The molecule has 4 rings (SSSR count). The van der Waals surface area contributed by atoms with Gasteiger partial charge in [-0.25, -0.2) is 0 Å². The number of aryl methyl sites for hydroxylation is 3. The highest BCUT2D eigenvalue weighted by Gasteiger charge is 2.34. The van der Waals surface area contributed by atoms with Crippen LogP contribution in [0.25, 0.3) is 10.9 Å². The number of H-pyrrole nitrogens is 1. The zero-order chi connectivity index (χ0) is 23.0. The maximum absolute atomic E-state index is 13.0. The highest BCUT2D eigenvalue weighted by Crippen LogP contribution is 2.25. The summed E-state index contributed by atoms with van der Waals surface area (Å²) in [6.07, 6.45) is 1.34. The fourth-order valence-corrected chi connectivity index (χ4v) is 4.37. The zero-order valence-electron chi connectivity index (χ0n) is 18.4. The molecule has 1 unspecified atom stereocenters. The summed E-state index contributed by atoms with van der Waals surface area (Å²) in [5, 5.41) is 15.1. The van der Waals surface area contributed by atoms with Crippen LogP contribution in [-0.2, 0) is 11.3 Å². The standard InChI is InChI=1S/C24H26N4O4/c1-14-11-18(7-9-21(14)28(31)32)24(30)27-10-4-5-22(27)23(29)25-13-17-6-8-20-19(12-17)15(2)16(3)26-20/h6-9,11-12,22,26H,4-5,10,13H2,1-3H3,(H,25,29). The first-order valence-electron chi connectivity index (χ1n) is 10.7. The van der Waals surface area contributed by atoms with Gasteiger partial charge in [-0.05, 0) is 69.0 Å². The van der Waals surface area contributed by atoms with Crippen molar-refractivity contribution >= 4 is 28.4 Å². The van der Waals surface area contributed by atoms with E-state index < -0.39 is 11.0 Å². The molecule has 1 fully saturated rings. The van der Waals surface area contributed by atoms with E-state index >= 15 is 0 Å². The van der Waals surface area contributed by atoms with E-state index in [-0.39, 0.29) is 17.5 Å². The van der Waals surface area contributed by atoms with Crippen LogP contribution in [0.15, 0.2) is 36.4 Å². The van der Waals surface area contributed by atoms with Gasteiger partial charge in [-0.2, -0.15) is 0 Å². The van der Waals surface area contributed by atoms with Gasteiger partial charge >= 0.3 is 0 Å². The molecule has 1 aromatic heterocycles. The summed E-state index contributed by atoms with van der Waals surface area (Å²) in [4.78, 5) is 41.4. The molecule has 1 aliphatic rings. The van der Waals surface area contributed by atoms with Crippen LogP contribution in [0.5, 0.6) is 0 Å². The molecule has 0 aliphatic carbocycles. The largest absolute Gasteiger partial charge is 0.358 e. The first kappa shape index (κ1) is 21.5. The van der Waals surface area contributed by atoms with E-state index in [0.29, 0.717) is 30.6 Å². The van der Waals surface area contributed by atoms with Crippen molar-refractivity contribution in [2.24, 2.45) is 0 Å². The summed E-state index contributed by atoms with van der Waals surface area (Å²) in [6, 6.07) is 9.84. The lowest BCUT2D eigenvalue weighted by Crippen LogP contribution is -2.45. The number of carbonyl (C=O) groups excluding carboxylic acids is 2. The van der Waals surface area contributed by atoms with Gasteiger partial charge in [0.2, 0.25) is 5.91 Å². The number of aromatic amines is 1. The van der Waals surface area contributed by atoms with E-state index in [9.17, 15) is 19.7 Å². The Morgan fingerprint density at radius 1 is 1.19 bits per heavy atom. The molecule has 3 aromatic rings. The van der Waals surface area contributed by atoms with Gasteiger partial charge in [0.15, 0.2) is 0 Å². The Morgan fingerprint density at radius 2 is 1.97 bits per heavy atom. The summed E-state index contributed by atoms with van der Waals surface area (Å²) >= 11 is 0. The summed E-state index contributed by atoms with van der Waals surface area (Å²) in [7, 11) is 0. The molecule has 8 heteroatoms. The van der Waals surface area contributed by atoms with E-state index in [1.54, 1.807) is 11.8 Å². The third-order valence-electron chi connectivity index (χ3n) is 6.30. The molecule has 2 heterocycles. The first-order chi connectivity index (χ1) is 15.3. The van der Waals surface area contributed by atoms with Crippen LogP contribution in [0.2, 0.25) is 0 Å². The molecule has 0 bridgehead atoms. The summed E-state index contributed by atoms with van der Waals surface area (Å²) in [5.41, 5.74) is 5.14. The number of hydrogen-bond acceptors (Lipinski definition) is 4. The van der Waals surface area contributed by atoms with Crippen molar-refractivity contribution in [1.29, 1.82) is 0 Å². The molecule has 1 atom stereocenters. The van der Waals surface area contributed by atoms with Gasteiger partial charge < -0.3 is 15.2 Å². The minimum Gasteiger partial charge on any atom is -0.358 e. The summed E-state index contributed by atoms with van der Waals surface area (Å²) < 4.78 is 0. The average Bonchev–Trinajstić information content (AvgIpc) is 3.36. The minimum absolute atomic E-state index is 0.0258. The fourth-order valence-electron chi connectivity index (χ4n) is 4.37. The van der Waals surface area contributed by atoms with E-state index in [1.807, 2.05) is 19.1 Å². The number of benzene rings is 2. The number of rotatable bonds is 5. The monoisotopic (exact) mass is 434 g/mol. The van der Waals surface area contributed by atoms with Crippen molar-refractivity contribution in [3.63, 3.8) is 0 Å². The molecular weight excluding hydrogens is 408 g/mol. The summed E-state index contributed by atoms with van der Waals surface area (Å²) in [5.74, 6) is -0.461. The lowest BCUT2D eigenvalue weighted by molar-refractivity contribution is -0.385. The third-order valence-corrected chi connectivity index (χ3v) is 6.30. The summed E-state index contributed by atoms with van der Waals surface area (Å²) in [6.45, 7) is 6.58. The predicted octanol–water partition coefficient (Wildman–Crippen LogP) is 3.92. The number of nitrogens with one attached hydrogen (secondary N) is 2. The average molecular weight is 434 g/mol. The fraction of sp³-hybridized carbons (Fsp3) is 0.333. The van der Waals surface area contributed by atoms with Crippen molar-refractivity contribution in [2.45, 2.75) is 46.2 Å². The number of aromatic nitrogens is 1. The highest BCUT2D eigenvalue weighted by atomic mass is 16.6.